The van der Waals surface area contributed by atoms with Gasteiger partial charge in [-0.3, -0.25) is 9.59 Å². The van der Waals surface area contributed by atoms with Crippen LogP contribution in [0.1, 0.15) is 24.9 Å². The smallest absolute Gasteiger partial charge is 0.322 e. The van der Waals surface area contributed by atoms with Crippen LogP contribution in [-0.4, -0.2) is 36.5 Å². The summed E-state index contributed by atoms with van der Waals surface area (Å²) in [5.41, 5.74) is 6.69. The number of hydrogen-bond donors (Lipinski definition) is 2. The van der Waals surface area contributed by atoms with Gasteiger partial charge in [-0.05, 0) is 24.7 Å². The van der Waals surface area contributed by atoms with Gasteiger partial charge in [0.25, 0.3) is 0 Å². The molecule has 5 nitrogen and oxygen atoms in total. The second-order valence-corrected chi connectivity index (χ2v) is 5.78. The van der Waals surface area contributed by atoms with Crippen molar-refractivity contribution in [2.75, 3.05) is 18.6 Å². The third kappa shape index (κ3) is 6.64. The van der Waals surface area contributed by atoms with Gasteiger partial charge in [0.15, 0.2) is 0 Å². The molecule has 21 heavy (non-hydrogen) atoms. The van der Waals surface area contributed by atoms with E-state index in [0.29, 0.717) is 17.9 Å². The third-order valence-electron chi connectivity index (χ3n) is 2.99. The second kappa shape index (κ2) is 9.41. The number of methoxy groups -OCH3 is 1. The molecule has 1 aromatic rings. The van der Waals surface area contributed by atoms with E-state index in [2.05, 4.69) is 10.1 Å². The molecule has 0 bridgehead atoms. The summed E-state index contributed by atoms with van der Waals surface area (Å²) in [6.07, 6.45) is 0.499. The number of esters is 1. The highest BCUT2D eigenvalue weighted by Crippen LogP contribution is 2.12. The van der Waals surface area contributed by atoms with Crippen LogP contribution in [0, 0.1) is 0 Å². The van der Waals surface area contributed by atoms with Crippen molar-refractivity contribution < 1.29 is 14.3 Å². The van der Waals surface area contributed by atoms with Gasteiger partial charge >= 0.3 is 5.97 Å². The normalized spacial score (nSPS) is 13.3. The zero-order valence-corrected chi connectivity index (χ0v) is 13.2. The molecule has 116 valence electrons. The zero-order chi connectivity index (χ0) is 15.7. The molecule has 0 aliphatic carbocycles. The minimum atomic E-state index is -0.617. The van der Waals surface area contributed by atoms with Gasteiger partial charge in [0.2, 0.25) is 5.91 Å². The Morgan fingerprint density at radius 3 is 2.62 bits per heavy atom. The van der Waals surface area contributed by atoms with Gasteiger partial charge in [-0.2, -0.15) is 11.8 Å². The number of rotatable bonds is 8. The lowest BCUT2D eigenvalue weighted by atomic mass is 10.1. The van der Waals surface area contributed by atoms with E-state index >= 15 is 0 Å². The molecule has 2 unspecified atom stereocenters. The summed E-state index contributed by atoms with van der Waals surface area (Å²) < 4.78 is 4.54. The zero-order valence-electron chi connectivity index (χ0n) is 12.4. The Labute approximate surface area is 129 Å². The van der Waals surface area contributed by atoms with Crippen molar-refractivity contribution in [3.8, 4) is 0 Å². The SMILES string of the molecule is COC(=O)C(N)CCSCC(=O)NC(C)c1ccccc1. The summed E-state index contributed by atoms with van der Waals surface area (Å²) in [7, 11) is 1.31. The highest BCUT2D eigenvalue weighted by Gasteiger charge is 2.14. The standard InChI is InChI=1S/C15H22N2O3S/c1-11(12-6-4-3-5-7-12)17-14(18)10-21-9-8-13(16)15(19)20-2/h3-7,11,13H,8-10,16H2,1-2H3,(H,17,18). The minimum Gasteiger partial charge on any atom is -0.468 e. The molecule has 0 aliphatic rings. The van der Waals surface area contributed by atoms with E-state index in [1.54, 1.807) is 0 Å². The maximum atomic E-state index is 11.8. The lowest BCUT2D eigenvalue weighted by Crippen LogP contribution is -2.32. The summed E-state index contributed by atoms with van der Waals surface area (Å²) in [6, 6.07) is 9.16. The summed E-state index contributed by atoms with van der Waals surface area (Å²) in [5, 5.41) is 2.94. The van der Waals surface area contributed by atoms with Crippen LogP contribution in [0.3, 0.4) is 0 Å². The number of benzene rings is 1. The molecule has 3 N–H and O–H groups in total. The van der Waals surface area contributed by atoms with Crippen LogP contribution in [0.25, 0.3) is 0 Å². The summed E-state index contributed by atoms with van der Waals surface area (Å²) in [4.78, 5) is 22.9. The van der Waals surface area contributed by atoms with E-state index in [1.807, 2.05) is 37.3 Å². The molecule has 6 heteroatoms. The van der Waals surface area contributed by atoms with E-state index in [9.17, 15) is 9.59 Å². The largest absolute Gasteiger partial charge is 0.468 e. The summed E-state index contributed by atoms with van der Waals surface area (Å²) in [5.74, 6) is 0.551. The number of nitrogens with two attached hydrogens (primary N) is 1. The van der Waals surface area contributed by atoms with Gasteiger partial charge in [0, 0.05) is 0 Å². The predicted molar refractivity (Wildman–Crippen MR) is 84.9 cm³/mol. The number of hydrogen-bond acceptors (Lipinski definition) is 5. The van der Waals surface area contributed by atoms with Gasteiger partial charge in [0.1, 0.15) is 6.04 Å². The Balaban J connectivity index is 2.21. The Morgan fingerprint density at radius 2 is 2.00 bits per heavy atom. The monoisotopic (exact) mass is 310 g/mol. The molecular formula is C15H22N2O3S. The Bertz CT molecular complexity index is 453. The first-order chi connectivity index (χ1) is 10.0. The fourth-order valence-corrected chi connectivity index (χ4v) is 2.59. The van der Waals surface area contributed by atoms with Crippen LogP contribution < -0.4 is 11.1 Å². The topological polar surface area (TPSA) is 81.4 Å². The van der Waals surface area contributed by atoms with Crippen LogP contribution in [0.4, 0.5) is 0 Å². The van der Waals surface area contributed by atoms with Crippen molar-refractivity contribution in [2.24, 2.45) is 5.73 Å². The van der Waals surface area contributed by atoms with E-state index in [1.165, 1.54) is 18.9 Å². The van der Waals surface area contributed by atoms with Crippen molar-refractivity contribution in [2.45, 2.75) is 25.4 Å². The van der Waals surface area contributed by atoms with Gasteiger partial charge in [-0.25, -0.2) is 0 Å². The summed E-state index contributed by atoms with van der Waals surface area (Å²) in [6.45, 7) is 1.95. The number of nitrogens with one attached hydrogen (secondary N) is 1. The molecule has 2 atom stereocenters. The number of carbonyl (C=O) groups is 2. The molecule has 0 radical (unpaired) electrons. The van der Waals surface area contributed by atoms with Crippen LogP contribution in [0.15, 0.2) is 30.3 Å². The third-order valence-corrected chi connectivity index (χ3v) is 3.98. The first-order valence-corrected chi connectivity index (χ1v) is 7.95. The molecule has 1 amide bonds. The van der Waals surface area contributed by atoms with E-state index in [0.717, 1.165) is 5.56 Å². The van der Waals surface area contributed by atoms with Gasteiger partial charge in [-0.15, -0.1) is 0 Å². The predicted octanol–water partition coefficient (Wildman–Crippen LogP) is 1.49. The highest BCUT2D eigenvalue weighted by atomic mass is 32.2. The van der Waals surface area contributed by atoms with E-state index in [-0.39, 0.29) is 11.9 Å². The number of amides is 1. The molecule has 0 saturated carbocycles. The van der Waals surface area contributed by atoms with Crippen LogP contribution in [0.5, 0.6) is 0 Å². The molecular weight excluding hydrogens is 288 g/mol. The molecule has 0 aromatic heterocycles. The molecule has 0 fully saturated rings. The van der Waals surface area contributed by atoms with Crippen LogP contribution >= 0.6 is 11.8 Å². The first-order valence-electron chi connectivity index (χ1n) is 6.80. The minimum absolute atomic E-state index is 0.0170. The highest BCUT2D eigenvalue weighted by molar-refractivity contribution is 7.99. The molecule has 0 saturated heterocycles. The van der Waals surface area contributed by atoms with E-state index in [4.69, 9.17) is 5.73 Å². The lowest BCUT2D eigenvalue weighted by Gasteiger charge is -2.14. The molecule has 1 rings (SSSR count). The van der Waals surface area contributed by atoms with Crippen LogP contribution in [-0.2, 0) is 14.3 Å². The van der Waals surface area contributed by atoms with Crippen molar-refractivity contribution in [1.29, 1.82) is 0 Å². The van der Waals surface area contributed by atoms with E-state index < -0.39 is 12.0 Å². The number of ether oxygens (including phenoxy) is 1. The van der Waals surface area contributed by atoms with Gasteiger partial charge in [0.05, 0.1) is 18.9 Å². The fraction of sp³-hybridized carbons (Fsp3) is 0.467. The molecule has 0 spiro atoms. The van der Waals surface area contributed by atoms with Gasteiger partial charge < -0.3 is 15.8 Å². The number of carbonyl (C=O) groups excluding carboxylic acids is 2. The van der Waals surface area contributed by atoms with Crippen LogP contribution in [0.2, 0.25) is 0 Å². The van der Waals surface area contributed by atoms with Gasteiger partial charge in [-0.1, -0.05) is 30.3 Å². The lowest BCUT2D eigenvalue weighted by molar-refractivity contribution is -0.142. The molecule has 0 aliphatic heterocycles. The Kier molecular flexibility index (Phi) is 7.85. The summed E-state index contributed by atoms with van der Waals surface area (Å²) >= 11 is 1.45. The Morgan fingerprint density at radius 1 is 1.33 bits per heavy atom. The van der Waals surface area contributed by atoms with Crippen molar-refractivity contribution in [3.63, 3.8) is 0 Å². The average molecular weight is 310 g/mol. The van der Waals surface area contributed by atoms with Crippen molar-refractivity contribution in [1.82, 2.24) is 5.32 Å². The quantitative estimate of drug-likeness (QED) is 0.561. The van der Waals surface area contributed by atoms with Crippen molar-refractivity contribution >= 4 is 23.6 Å². The second-order valence-electron chi connectivity index (χ2n) is 4.67. The van der Waals surface area contributed by atoms with Crippen molar-refractivity contribution in [3.05, 3.63) is 35.9 Å². The number of thioether (sulfide) groups is 1. The molecule has 0 heterocycles. The molecule has 1 aromatic carbocycles. The fourth-order valence-electron chi connectivity index (χ4n) is 1.75. The maximum absolute atomic E-state index is 11.8. The first kappa shape index (κ1) is 17.5. The average Bonchev–Trinajstić information content (AvgIpc) is 2.51. The Hall–Kier alpha value is -1.53. The maximum Gasteiger partial charge on any atom is 0.322 e.